The first-order chi connectivity index (χ1) is 9.44. The lowest BCUT2D eigenvalue weighted by Crippen LogP contribution is -2.39. The first kappa shape index (κ1) is 14.6. The van der Waals surface area contributed by atoms with Crippen LogP contribution < -0.4 is 10.6 Å². The molecule has 0 amide bonds. The van der Waals surface area contributed by atoms with Gasteiger partial charge >= 0.3 is 0 Å². The Morgan fingerprint density at radius 3 is 2.55 bits per heavy atom. The summed E-state index contributed by atoms with van der Waals surface area (Å²) in [5, 5.41) is 11.9. The molecule has 0 spiro atoms. The van der Waals surface area contributed by atoms with E-state index in [9.17, 15) is 0 Å². The molecule has 0 aliphatic heterocycles. The highest BCUT2D eigenvalue weighted by molar-refractivity contribution is 5.99. The van der Waals surface area contributed by atoms with E-state index in [0.717, 1.165) is 12.8 Å². The number of hydrogen-bond acceptors (Lipinski definition) is 5. The molecule has 1 saturated carbocycles. The Morgan fingerprint density at radius 2 is 1.95 bits per heavy atom. The maximum absolute atomic E-state index is 8.85. The number of rotatable bonds is 3. The lowest BCUT2D eigenvalue weighted by Gasteiger charge is -2.39. The van der Waals surface area contributed by atoms with Gasteiger partial charge in [-0.15, -0.1) is 0 Å². The van der Waals surface area contributed by atoms with Crippen LogP contribution in [0.2, 0.25) is 0 Å². The minimum absolute atomic E-state index is 0.00362. The molecule has 1 aromatic rings. The predicted octanol–water partition coefficient (Wildman–Crippen LogP) is 1.98. The summed E-state index contributed by atoms with van der Waals surface area (Å²) in [4.78, 5) is 10.6. The van der Waals surface area contributed by atoms with E-state index in [1.807, 2.05) is 7.05 Å². The molecule has 0 radical (unpaired) electrons. The van der Waals surface area contributed by atoms with Crippen LogP contribution in [0.5, 0.6) is 0 Å². The molecular weight excluding hydrogens is 254 g/mol. The average Bonchev–Trinajstić information content (AvgIpc) is 2.45. The lowest BCUT2D eigenvalue weighted by atomic mass is 9.75. The van der Waals surface area contributed by atoms with Crippen molar-refractivity contribution in [1.29, 1.82) is 0 Å². The third-order valence-electron chi connectivity index (χ3n) is 4.22. The van der Waals surface area contributed by atoms with Gasteiger partial charge in [-0.25, -0.2) is 9.97 Å². The zero-order valence-corrected chi connectivity index (χ0v) is 12.4. The first-order valence-electron chi connectivity index (χ1n) is 6.96. The summed E-state index contributed by atoms with van der Waals surface area (Å²) < 4.78 is 0. The quantitative estimate of drug-likeness (QED) is 0.382. The van der Waals surface area contributed by atoms with Crippen LogP contribution in [-0.4, -0.2) is 34.1 Å². The van der Waals surface area contributed by atoms with Crippen molar-refractivity contribution in [2.24, 2.45) is 16.3 Å². The van der Waals surface area contributed by atoms with Crippen LogP contribution in [0, 0.1) is 5.41 Å². The van der Waals surface area contributed by atoms with Gasteiger partial charge < -0.3 is 15.8 Å². The van der Waals surface area contributed by atoms with E-state index in [0.29, 0.717) is 23.0 Å². The Kier molecular flexibility index (Phi) is 4.11. The van der Waals surface area contributed by atoms with E-state index in [2.05, 4.69) is 33.9 Å². The van der Waals surface area contributed by atoms with Crippen molar-refractivity contribution < 1.29 is 5.21 Å². The molecule has 0 atom stereocenters. The van der Waals surface area contributed by atoms with Crippen molar-refractivity contribution in [2.45, 2.75) is 45.6 Å². The van der Waals surface area contributed by atoms with Crippen molar-refractivity contribution in [3.8, 4) is 0 Å². The summed E-state index contributed by atoms with van der Waals surface area (Å²) in [5.41, 5.74) is 6.53. The Hall–Kier alpha value is -1.85. The van der Waals surface area contributed by atoms with Crippen LogP contribution in [-0.2, 0) is 0 Å². The van der Waals surface area contributed by atoms with Crippen molar-refractivity contribution in [2.75, 3.05) is 11.9 Å². The minimum atomic E-state index is -0.00362. The second kappa shape index (κ2) is 5.64. The summed E-state index contributed by atoms with van der Waals surface area (Å²) in [6.07, 6.45) is 7.81. The van der Waals surface area contributed by atoms with Crippen molar-refractivity contribution in [1.82, 2.24) is 9.97 Å². The fraction of sp³-hybridized carbons (Fsp3) is 0.643. The maximum Gasteiger partial charge on any atom is 0.192 e. The number of amidine groups is 1. The Labute approximate surface area is 119 Å². The third-order valence-corrected chi connectivity index (χ3v) is 4.22. The van der Waals surface area contributed by atoms with Gasteiger partial charge in [-0.2, -0.15) is 0 Å². The van der Waals surface area contributed by atoms with E-state index in [1.54, 1.807) is 12.4 Å². The van der Waals surface area contributed by atoms with Crippen LogP contribution in [0.1, 0.15) is 45.2 Å². The van der Waals surface area contributed by atoms with E-state index in [-0.39, 0.29) is 5.84 Å². The van der Waals surface area contributed by atoms with E-state index in [4.69, 9.17) is 10.9 Å². The Morgan fingerprint density at radius 1 is 1.35 bits per heavy atom. The summed E-state index contributed by atoms with van der Waals surface area (Å²) >= 11 is 0. The molecule has 6 heteroatoms. The zero-order valence-electron chi connectivity index (χ0n) is 12.4. The molecule has 1 heterocycles. The maximum atomic E-state index is 8.85. The molecule has 3 N–H and O–H groups in total. The number of nitrogens with two attached hydrogens (primary N) is 1. The molecular formula is C14H23N5O. The molecule has 1 fully saturated rings. The molecule has 2 rings (SSSR count). The SMILES string of the molecule is CN(c1nccnc1C(N)=NO)C1CCC(C)(C)CC1. The smallest absolute Gasteiger partial charge is 0.192 e. The van der Waals surface area contributed by atoms with Gasteiger partial charge in [0.05, 0.1) is 0 Å². The summed E-state index contributed by atoms with van der Waals surface area (Å²) in [7, 11) is 2.00. The molecule has 1 aliphatic rings. The standard InChI is InChI=1S/C14H23N5O/c1-14(2)6-4-10(5-7-14)19(3)13-11(12(15)18-20)16-8-9-17-13/h8-10,20H,4-7H2,1-3H3,(H2,15,18). The van der Waals surface area contributed by atoms with Crippen LogP contribution in [0.4, 0.5) is 5.82 Å². The van der Waals surface area contributed by atoms with Crippen LogP contribution >= 0.6 is 0 Å². The second-order valence-corrected chi connectivity index (χ2v) is 6.22. The number of anilines is 1. The minimum Gasteiger partial charge on any atom is -0.409 e. The summed E-state index contributed by atoms with van der Waals surface area (Å²) in [6.45, 7) is 4.63. The van der Waals surface area contributed by atoms with Gasteiger partial charge in [0.2, 0.25) is 0 Å². The normalized spacial score (nSPS) is 19.9. The number of aromatic nitrogens is 2. The van der Waals surface area contributed by atoms with Crippen molar-refractivity contribution in [3.63, 3.8) is 0 Å². The third kappa shape index (κ3) is 3.00. The molecule has 20 heavy (non-hydrogen) atoms. The van der Waals surface area contributed by atoms with Gasteiger partial charge in [-0.3, -0.25) is 0 Å². The summed E-state index contributed by atoms with van der Waals surface area (Å²) in [6, 6.07) is 0.421. The first-order valence-corrected chi connectivity index (χ1v) is 6.96. The van der Waals surface area contributed by atoms with Gasteiger partial charge in [-0.05, 0) is 31.1 Å². The molecule has 110 valence electrons. The number of oxime groups is 1. The summed E-state index contributed by atoms with van der Waals surface area (Å²) in [5.74, 6) is 0.670. The fourth-order valence-corrected chi connectivity index (χ4v) is 2.76. The van der Waals surface area contributed by atoms with Crippen LogP contribution in [0.25, 0.3) is 0 Å². The van der Waals surface area contributed by atoms with E-state index >= 15 is 0 Å². The highest BCUT2D eigenvalue weighted by Crippen LogP contribution is 2.37. The molecule has 6 nitrogen and oxygen atoms in total. The van der Waals surface area contributed by atoms with Crippen LogP contribution in [0.15, 0.2) is 17.5 Å². The topological polar surface area (TPSA) is 87.6 Å². The zero-order chi connectivity index (χ0) is 14.8. The lowest BCUT2D eigenvalue weighted by molar-refractivity contribution is 0.222. The number of hydrogen-bond donors (Lipinski definition) is 2. The molecule has 0 saturated heterocycles. The average molecular weight is 277 g/mol. The van der Waals surface area contributed by atoms with Gasteiger partial charge in [0, 0.05) is 25.5 Å². The predicted molar refractivity (Wildman–Crippen MR) is 79.0 cm³/mol. The van der Waals surface area contributed by atoms with Crippen molar-refractivity contribution in [3.05, 3.63) is 18.1 Å². The van der Waals surface area contributed by atoms with Crippen LogP contribution in [0.3, 0.4) is 0 Å². The Bertz CT molecular complexity index is 490. The number of nitrogens with zero attached hydrogens (tertiary/aromatic N) is 4. The van der Waals surface area contributed by atoms with Crippen molar-refractivity contribution >= 4 is 11.7 Å². The largest absolute Gasteiger partial charge is 0.409 e. The van der Waals surface area contributed by atoms with Gasteiger partial charge in [0.25, 0.3) is 0 Å². The highest BCUT2D eigenvalue weighted by atomic mass is 16.4. The van der Waals surface area contributed by atoms with Gasteiger partial charge in [-0.1, -0.05) is 19.0 Å². The molecule has 0 aromatic carbocycles. The van der Waals surface area contributed by atoms with Gasteiger partial charge in [0.1, 0.15) is 0 Å². The fourth-order valence-electron chi connectivity index (χ4n) is 2.76. The molecule has 0 unspecified atom stereocenters. The van der Waals surface area contributed by atoms with Gasteiger partial charge in [0.15, 0.2) is 17.3 Å². The second-order valence-electron chi connectivity index (χ2n) is 6.22. The Balaban J connectivity index is 2.20. The highest BCUT2D eigenvalue weighted by Gasteiger charge is 2.30. The van der Waals surface area contributed by atoms with E-state index in [1.165, 1.54) is 12.8 Å². The van der Waals surface area contributed by atoms with E-state index < -0.39 is 0 Å². The monoisotopic (exact) mass is 277 g/mol. The molecule has 1 aromatic heterocycles. The molecule has 0 bridgehead atoms. The molecule has 1 aliphatic carbocycles.